The molecule has 0 unspecified atom stereocenters. The highest BCUT2D eigenvalue weighted by Crippen LogP contribution is 2.26. The molecule has 1 aromatic carbocycles. The van der Waals surface area contributed by atoms with Gasteiger partial charge in [-0.15, -0.1) is 0 Å². The van der Waals surface area contributed by atoms with Gasteiger partial charge in [0.25, 0.3) is 0 Å². The van der Waals surface area contributed by atoms with Gasteiger partial charge >= 0.3 is 0 Å². The minimum atomic E-state index is 0. The zero-order valence-corrected chi connectivity index (χ0v) is 14.8. The van der Waals surface area contributed by atoms with Crippen molar-refractivity contribution in [3.05, 3.63) is 29.8 Å². The van der Waals surface area contributed by atoms with Crippen molar-refractivity contribution in [3.63, 3.8) is 0 Å². The average Bonchev–Trinajstić information content (AvgIpc) is 2.32. The zero-order valence-electron chi connectivity index (χ0n) is 12.6. The summed E-state index contributed by atoms with van der Waals surface area (Å²) in [6.07, 6.45) is 2.55. The molecule has 2 rings (SSSR count). The van der Waals surface area contributed by atoms with Crippen LogP contribution in [0.15, 0.2) is 24.3 Å². The Kier molecular flexibility index (Phi) is 6.12. The molecule has 0 aromatic heterocycles. The summed E-state index contributed by atoms with van der Waals surface area (Å²) < 4.78 is 1.17. The Morgan fingerprint density at radius 2 is 1.68 bits per heavy atom. The van der Waals surface area contributed by atoms with Gasteiger partial charge in [0.15, 0.2) is 0 Å². The highest BCUT2D eigenvalue weighted by Gasteiger charge is 2.26. The van der Waals surface area contributed by atoms with Crippen LogP contribution in [0.3, 0.4) is 0 Å². The smallest absolute Gasteiger partial charge is 0.0802 e. The van der Waals surface area contributed by atoms with E-state index in [1.54, 1.807) is 0 Å². The number of rotatable bonds is 3. The van der Waals surface area contributed by atoms with E-state index in [2.05, 4.69) is 57.5 Å². The third-order valence-corrected chi connectivity index (χ3v) is 4.11. The maximum atomic E-state index is 3.76. The number of benzene rings is 1. The van der Waals surface area contributed by atoms with Crippen molar-refractivity contribution in [3.8, 4) is 0 Å². The molecular weight excluding hydrogens is 347 g/mol. The van der Waals surface area contributed by atoms with Crippen molar-refractivity contribution in [1.82, 2.24) is 0 Å². The molecule has 1 aliphatic rings. The first kappa shape index (κ1) is 16.8. The standard InChI is InChI=1S/C16H27N2.HI/c1-13(2)15-7-5-6-8-16(15)17-14-9-11-18(3,4)12-10-14;/h5-8,13-14,17H,9-12H2,1-4H3;1H/q+1;/p-1. The summed E-state index contributed by atoms with van der Waals surface area (Å²) in [4.78, 5) is 0. The van der Waals surface area contributed by atoms with Gasteiger partial charge in [0, 0.05) is 24.6 Å². The van der Waals surface area contributed by atoms with Crippen LogP contribution in [0.2, 0.25) is 0 Å². The van der Waals surface area contributed by atoms with Gasteiger partial charge in [-0.3, -0.25) is 0 Å². The fourth-order valence-electron chi connectivity index (χ4n) is 2.76. The normalized spacial score (nSPS) is 19.0. The fraction of sp³-hybridized carbons (Fsp3) is 0.625. The minimum absolute atomic E-state index is 0. The summed E-state index contributed by atoms with van der Waals surface area (Å²) in [6, 6.07) is 9.40. The van der Waals surface area contributed by atoms with E-state index in [1.807, 2.05) is 0 Å². The highest BCUT2D eigenvalue weighted by molar-refractivity contribution is 5.53. The Balaban J connectivity index is 0.00000180. The Bertz CT molecular complexity index is 391. The number of halogens is 1. The molecule has 0 radical (unpaired) electrons. The lowest BCUT2D eigenvalue weighted by molar-refractivity contribution is -0.895. The molecule has 0 bridgehead atoms. The van der Waals surface area contributed by atoms with E-state index in [0.29, 0.717) is 12.0 Å². The molecule has 19 heavy (non-hydrogen) atoms. The maximum absolute atomic E-state index is 3.76. The van der Waals surface area contributed by atoms with Gasteiger partial charge in [-0.25, -0.2) is 0 Å². The number of likely N-dealkylation sites (tertiary alicyclic amines) is 1. The van der Waals surface area contributed by atoms with Crippen LogP contribution in [0.25, 0.3) is 0 Å². The first-order valence-corrected chi connectivity index (χ1v) is 7.15. The first-order valence-electron chi connectivity index (χ1n) is 7.15. The number of quaternary nitrogens is 1. The largest absolute Gasteiger partial charge is 1.00 e. The summed E-state index contributed by atoms with van der Waals surface area (Å²) in [5.41, 5.74) is 2.78. The lowest BCUT2D eigenvalue weighted by Crippen LogP contribution is -3.00. The average molecular weight is 374 g/mol. The lowest BCUT2D eigenvalue weighted by atomic mass is 9.98. The van der Waals surface area contributed by atoms with Crippen molar-refractivity contribution in [2.45, 2.75) is 38.6 Å². The van der Waals surface area contributed by atoms with Gasteiger partial charge in [-0.05, 0) is 17.5 Å². The first-order chi connectivity index (χ1) is 8.48. The molecule has 1 aromatic rings. The van der Waals surface area contributed by atoms with E-state index >= 15 is 0 Å². The van der Waals surface area contributed by atoms with Crippen LogP contribution in [0.5, 0.6) is 0 Å². The Morgan fingerprint density at radius 3 is 2.26 bits per heavy atom. The molecule has 1 aliphatic heterocycles. The number of piperidine rings is 1. The molecule has 1 N–H and O–H groups in total. The molecule has 1 heterocycles. The second kappa shape index (κ2) is 6.93. The molecule has 0 amide bonds. The number of anilines is 1. The van der Waals surface area contributed by atoms with Gasteiger partial charge in [0.1, 0.15) is 0 Å². The molecule has 0 saturated carbocycles. The van der Waals surface area contributed by atoms with E-state index in [1.165, 1.54) is 41.7 Å². The molecule has 1 saturated heterocycles. The van der Waals surface area contributed by atoms with Crippen LogP contribution in [0.4, 0.5) is 5.69 Å². The molecule has 0 spiro atoms. The number of nitrogens with zero attached hydrogens (tertiary/aromatic N) is 1. The summed E-state index contributed by atoms with van der Waals surface area (Å²) in [5, 5.41) is 3.76. The van der Waals surface area contributed by atoms with Crippen LogP contribution < -0.4 is 29.3 Å². The van der Waals surface area contributed by atoms with E-state index in [-0.39, 0.29) is 24.0 Å². The quantitative estimate of drug-likeness (QED) is 0.599. The molecule has 0 atom stereocenters. The van der Waals surface area contributed by atoms with Crippen molar-refractivity contribution in [1.29, 1.82) is 0 Å². The van der Waals surface area contributed by atoms with Crippen molar-refractivity contribution in [2.75, 3.05) is 32.5 Å². The van der Waals surface area contributed by atoms with E-state index in [0.717, 1.165) is 0 Å². The van der Waals surface area contributed by atoms with Gasteiger partial charge < -0.3 is 33.8 Å². The van der Waals surface area contributed by atoms with Crippen LogP contribution in [-0.2, 0) is 0 Å². The van der Waals surface area contributed by atoms with Crippen LogP contribution in [0.1, 0.15) is 38.2 Å². The topological polar surface area (TPSA) is 12.0 Å². The number of hydrogen-bond acceptors (Lipinski definition) is 1. The highest BCUT2D eigenvalue weighted by atomic mass is 127. The predicted molar refractivity (Wildman–Crippen MR) is 79.0 cm³/mol. The summed E-state index contributed by atoms with van der Waals surface area (Å²) in [5.74, 6) is 0.588. The van der Waals surface area contributed by atoms with Gasteiger partial charge in [0.2, 0.25) is 0 Å². The van der Waals surface area contributed by atoms with Crippen molar-refractivity contribution >= 4 is 5.69 Å². The second-order valence-electron chi connectivity index (χ2n) is 6.54. The van der Waals surface area contributed by atoms with Crippen molar-refractivity contribution in [2.24, 2.45) is 0 Å². The number of hydrogen-bond donors (Lipinski definition) is 1. The fourth-order valence-corrected chi connectivity index (χ4v) is 2.76. The Labute approximate surface area is 135 Å². The molecule has 0 aliphatic carbocycles. The number of nitrogens with one attached hydrogen (secondary N) is 1. The minimum Gasteiger partial charge on any atom is -1.00 e. The third-order valence-electron chi connectivity index (χ3n) is 4.11. The van der Waals surface area contributed by atoms with Gasteiger partial charge in [-0.2, -0.15) is 0 Å². The molecular formula is C16H27IN2. The van der Waals surface area contributed by atoms with Crippen LogP contribution in [0, 0.1) is 0 Å². The van der Waals surface area contributed by atoms with Gasteiger partial charge in [-0.1, -0.05) is 32.0 Å². The van der Waals surface area contributed by atoms with Crippen LogP contribution >= 0.6 is 0 Å². The van der Waals surface area contributed by atoms with E-state index in [4.69, 9.17) is 0 Å². The van der Waals surface area contributed by atoms with Gasteiger partial charge in [0.05, 0.1) is 27.2 Å². The summed E-state index contributed by atoms with van der Waals surface area (Å²) >= 11 is 0. The Hall–Kier alpha value is -0.290. The Morgan fingerprint density at radius 1 is 1.11 bits per heavy atom. The zero-order chi connectivity index (χ0) is 13.2. The number of para-hydroxylation sites is 1. The third kappa shape index (κ3) is 4.63. The second-order valence-corrected chi connectivity index (χ2v) is 6.54. The van der Waals surface area contributed by atoms with Crippen molar-refractivity contribution < 1.29 is 28.5 Å². The molecule has 1 fully saturated rings. The maximum Gasteiger partial charge on any atom is 0.0802 e. The van der Waals surface area contributed by atoms with E-state index in [9.17, 15) is 0 Å². The molecule has 108 valence electrons. The predicted octanol–water partition coefficient (Wildman–Crippen LogP) is 0.465. The lowest BCUT2D eigenvalue weighted by Gasteiger charge is -2.38. The molecule has 2 nitrogen and oxygen atoms in total. The molecule has 3 heteroatoms. The van der Waals surface area contributed by atoms with E-state index < -0.39 is 0 Å². The van der Waals surface area contributed by atoms with Crippen LogP contribution in [-0.4, -0.2) is 37.7 Å². The summed E-state index contributed by atoms with van der Waals surface area (Å²) in [6.45, 7) is 7.09. The summed E-state index contributed by atoms with van der Waals surface area (Å²) in [7, 11) is 4.66. The SMILES string of the molecule is CC(C)c1ccccc1NC1CC[N+](C)(C)CC1.[I-]. The monoisotopic (exact) mass is 374 g/mol.